The largest absolute Gasteiger partial charge is 0.478 e. The van der Waals surface area contributed by atoms with Gasteiger partial charge in [-0.3, -0.25) is 14.4 Å². The Bertz CT molecular complexity index is 1870. The van der Waals surface area contributed by atoms with E-state index >= 15 is 4.39 Å². The second kappa shape index (κ2) is 13.9. The number of carbonyl (C=O) groups is 4. The number of nitrogens with zero attached hydrogens (tertiary/aromatic N) is 7. The predicted molar refractivity (Wildman–Crippen MR) is 170 cm³/mol. The Balaban J connectivity index is 1.56. The Kier molecular flexibility index (Phi) is 9.72. The molecule has 1 aliphatic heterocycles. The summed E-state index contributed by atoms with van der Waals surface area (Å²) in [5, 5.41) is 20.1. The average Bonchev–Trinajstić information content (AvgIpc) is 3.62. The zero-order chi connectivity index (χ0) is 33.8. The van der Waals surface area contributed by atoms with Crippen LogP contribution in [0.2, 0.25) is 5.02 Å². The van der Waals surface area contributed by atoms with Crippen molar-refractivity contribution in [1.29, 1.82) is 0 Å². The number of anilines is 2. The Hall–Kier alpha value is -5.47. The highest BCUT2D eigenvalue weighted by atomic mass is 35.5. The Morgan fingerprint density at radius 1 is 1.09 bits per heavy atom. The van der Waals surface area contributed by atoms with Crippen molar-refractivity contribution in [1.82, 2.24) is 25.1 Å². The van der Waals surface area contributed by atoms with Gasteiger partial charge in [-0.15, -0.1) is 5.10 Å². The van der Waals surface area contributed by atoms with Crippen LogP contribution in [0, 0.1) is 5.82 Å². The highest BCUT2D eigenvalue weighted by Gasteiger charge is 2.38. The number of aromatic carboxylic acids is 1. The molecule has 3 aromatic carbocycles. The van der Waals surface area contributed by atoms with Crippen LogP contribution in [0.5, 0.6) is 0 Å². The zero-order valence-electron chi connectivity index (χ0n) is 25.5. The third-order valence-corrected chi connectivity index (χ3v) is 8.14. The number of hydrogen-bond acceptors (Lipinski definition) is 8. The van der Waals surface area contributed by atoms with Crippen LogP contribution < -0.4 is 9.80 Å². The number of likely N-dealkylation sites (N-methyl/N-ethyl adjacent to an activating group) is 2. The number of carboxylic acid groups (broad SMARTS) is 1. The van der Waals surface area contributed by atoms with Crippen LogP contribution in [0.3, 0.4) is 0 Å². The van der Waals surface area contributed by atoms with Crippen molar-refractivity contribution < 1.29 is 33.4 Å². The lowest BCUT2D eigenvalue weighted by Gasteiger charge is -2.39. The number of rotatable bonds is 9. The molecule has 0 bridgehead atoms. The van der Waals surface area contributed by atoms with Crippen LogP contribution >= 0.6 is 11.6 Å². The minimum atomic E-state index is -1.16. The highest BCUT2D eigenvalue weighted by Crippen LogP contribution is 2.37. The first kappa shape index (κ1) is 32.9. The lowest BCUT2D eigenvalue weighted by atomic mass is 9.89. The van der Waals surface area contributed by atoms with Crippen molar-refractivity contribution in [2.45, 2.75) is 12.5 Å². The van der Waals surface area contributed by atoms with Crippen molar-refractivity contribution in [3.63, 3.8) is 0 Å². The van der Waals surface area contributed by atoms with E-state index in [4.69, 9.17) is 16.3 Å². The number of fused-ring (bicyclic) bond motifs is 1. The molecule has 3 amide bonds. The van der Waals surface area contributed by atoms with Gasteiger partial charge in [0.1, 0.15) is 19.0 Å². The van der Waals surface area contributed by atoms with Crippen LogP contribution in [0.25, 0.3) is 11.8 Å². The van der Waals surface area contributed by atoms with Gasteiger partial charge in [0.05, 0.1) is 16.3 Å². The molecular weight excluding hydrogens is 633 g/mol. The predicted octanol–water partition coefficient (Wildman–Crippen LogP) is 3.56. The van der Waals surface area contributed by atoms with Gasteiger partial charge in [-0.05, 0) is 76.5 Å². The Morgan fingerprint density at radius 3 is 2.49 bits per heavy atom. The summed E-state index contributed by atoms with van der Waals surface area (Å²) < 4.78 is 21.5. The van der Waals surface area contributed by atoms with Crippen LogP contribution in [0.1, 0.15) is 33.1 Å². The van der Waals surface area contributed by atoms with Gasteiger partial charge < -0.3 is 24.5 Å². The third-order valence-electron chi connectivity index (χ3n) is 7.85. The van der Waals surface area contributed by atoms with E-state index in [-0.39, 0.29) is 40.9 Å². The fourth-order valence-corrected chi connectivity index (χ4v) is 5.56. The van der Waals surface area contributed by atoms with E-state index in [1.54, 1.807) is 25.2 Å². The molecule has 1 N–H and O–H groups in total. The van der Waals surface area contributed by atoms with Crippen LogP contribution in [-0.2, 0) is 25.5 Å². The molecule has 15 heteroatoms. The smallest absolute Gasteiger partial charge is 0.335 e. The fraction of sp³-hybridized carbons (Fsp3) is 0.219. The van der Waals surface area contributed by atoms with Gasteiger partial charge in [-0.25, -0.2) is 9.18 Å². The summed E-state index contributed by atoms with van der Waals surface area (Å²) >= 11 is 6.05. The van der Waals surface area contributed by atoms with E-state index in [0.717, 1.165) is 6.08 Å². The first-order chi connectivity index (χ1) is 22.5. The van der Waals surface area contributed by atoms with E-state index in [1.165, 1.54) is 82.3 Å². The van der Waals surface area contributed by atoms with Crippen molar-refractivity contribution in [3.8, 4) is 5.69 Å². The lowest BCUT2D eigenvalue weighted by molar-refractivity contribution is -0.136. The van der Waals surface area contributed by atoms with Gasteiger partial charge in [0.2, 0.25) is 5.91 Å². The second-order valence-corrected chi connectivity index (χ2v) is 11.0. The number of hydrogen-bond donors (Lipinski definition) is 1. The standard InChI is InChI=1S/C32H29ClFN7O6/c1-38(20-9-7-19(8-10-20)32(45)46)31(44)30-22-5-4-6-25(39(2)28(43)17-47-3)21(22)15-16-40(30)27(42)14-11-23-26(41-18-35-36-37-41)13-12-24(33)29(23)34/h4-14,18,30H,15-17H2,1-3H3,(H,45,46)/b14-11+/t30-/m1/s1. The molecule has 0 saturated heterocycles. The Labute approximate surface area is 273 Å². The molecule has 5 rings (SSSR count). The zero-order valence-corrected chi connectivity index (χ0v) is 26.3. The summed E-state index contributed by atoms with van der Waals surface area (Å²) in [6.45, 7) is -0.0701. The molecule has 0 unspecified atom stereocenters. The van der Waals surface area contributed by atoms with E-state index in [0.29, 0.717) is 28.9 Å². The number of carboxylic acids is 1. The number of halogens is 2. The SMILES string of the molecule is COCC(=O)N(C)c1cccc2c1CCN(C(=O)/C=C/c1c(-n3cnnn3)ccc(Cl)c1F)[C@H]2C(=O)N(C)c1ccc(C(=O)O)cc1. The van der Waals surface area contributed by atoms with E-state index < -0.39 is 29.6 Å². The van der Waals surface area contributed by atoms with Gasteiger partial charge in [0.25, 0.3) is 11.8 Å². The molecule has 1 aliphatic rings. The number of methoxy groups -OCH3 is 1. The van der Waals surface area contributed by atoms with Gasteiger partial charge in [-0.1, -0.05) is 23.7 Å². The molecule has 0 aliphatic carbocycles. The maximum absolute atomic E-state index is 15.2. The molecule has 242 valence electrons. The number of benzene rings is 3. The maximum atomic E-state index is 15.2. The summed E-state index contributed by atoms with van der Waals surface area (Å²) in [4.78, 5) is 56.4. The van der Waals surface area contributed by atoms with Crippen LogP contribution in [-0.4, -0.2) is 88.3 Å². The summed E-state index contributed by atoms with van der Waals surface area (Å²) in [7, 11) is 4.53. The highest BCUT2D eigenvalue weighted by molar-refractivity contribution is 6.31. The molecule has 13 nitrogen and oxygen atoms in total. The number of ether oxygens (including phenoxy) is 1. The van der Waals surface area contributed by atoms with Gasteiger partial charge in [0, 0.05) is 50.8 Å². The summed E-state index contributed by atoms with van der Waals surface area (Å²) in [6, 6.07) is 12.6. The van der Waals surface area contributed by atoms with E-state index in [2.05, 4.69) is 15.5 Å². The van der Waals surface area contributed by atoms with Gasteiger partial charge in [-0.2, -0.15) is 4.68 Å². The van der Waals surface area contributed by atoms with Crippen LogP contribution in [0.15, 0.2) is 67.0 Å². The number of carbonyl (C=O) groups excluding carboxylic acids is 3. The fourth-order valence-electron chi connectivity index (χ4n) is 5.40. The minimum absolute atomic E-state index is 0.0437. The summed E-state index contributed by atoms with van der Waals surface area (Å²) in [6.07, 6.45) is 3.97. The van der Waals surface area contributed by atoms with Crippen molar-refractivity contribution in [2.24, 2.45) is 0 Å². The van der Waals surface area contributed by atoms with E-state index in [1.807, 2.05) is 0 Å². The molecule has 0 saturated carbocycles. The topological polar surface area (TPSA) is 151 Å². The monoisotopic (exact) mass is 661 g/mol. The number of tetrazole rings is 1. The summed E-state index contributed by atoms with van der Waals surface area (Å²) in [5.74, 6) is -3.31. The quantitative estimate of drug-likeness (QED) is 0.266. The first-order valence-corrected chi connectivity index (χ1v) is 14.6. The molecule has 0 fully saturated rings. The number of aromatic nitrogens is 4. The molecule has 2 heterocycles. The van der Waals surface area contributed by atoms with Gasteiger partial charge in [0.15, 0.2) is 5.82 Å². The normalized spacial score (nSPS) is 14.1. The lowest BCUT2D eigenvalue weighted by Crippen LogP contribution is -2.47. The van der Waals surface area contributed by atoms with Crippen molar-refractivity contribution in [2.75, 3.05) is 44.2 Å². The van der Waals surface area contributed by atoms with E-state index in [9.17, 15) is 24.3 Å². The molecule has 0 radical (unpaired) electrons. The second-order valence-electron chi connectivity index (χ2n) is 10.5. The van der Waals surface area contributed by atoms with Crippen molar-refractivity contribution in [3.05, 3.63) is 100 Å². The summed E-state index contributed by atoms with van der Waals surface area (Å²) in [5.41, 5.74) is 2.38. The molecule has 1 aromatic heterocycles. The number of amides is 3. The minimum Gasteiger partial charge on any atom is -0.478 e. The van der Waals surface area contributed by atoms with Crippen molar-refractivity contribution >= 4 is 52.7 Å². The molecule has 0 spiro atoms. The Morgan fingerprint density at radius 2 is 1.83 bits per heavy atom. The molecule has 4 aromatic rings. The van der Waals surface area contributed by atoms with Gasteiger partial charge >= 0.3 is 5.97 Å². The first-order valence-electron chi connectivity index (χ1n) is 14.2. The molecule has 1 atom stereocenters. The third kappa shape index (κ3) is 6.59. The van der Waals surface area contributed by atoms with Crippen LogP contribution in [0.4, 0.5) is 15.8 Å². The average molecular weight is 662 g/mol. The maximum Gasteiger partial charge on any atom is 0.335 e. The molecular formula is C32H29ClFN7O6. The molecule has 47 heavy (non-hydrogen) atoms.